The summed E-state index contributed by atoms with van der Waals surface area (Å²) in [6, 6.07) is 3.84. The van der Waals surface area contributed by atoms with Crippen LogP contribution in [0.25, 0.3) is 16.9 Å². The molecule has 1 heterocycles. The summed E-state index contributed by atoms with van der Waals surface area (Å²) in [6.07, 6.45) is 1.68. The Bertz CT molecular complexity index is 1540. The molecule has 8 N–H and O–H groups in total. The zero-order valence-electron chi connectivity index (χ0n) is 22.5. The Balaban J connectivity index is 1.77. The standard InChI is InChI=1S/C28H31N5O7/c1-32(2)16-9-13(11-5-6-17(29)31-10-11)22(34)19-14(16)7-12-8-15-21(33(3)4)24(36)20(27(30)39)26(38)28(15,40)25(37)18(12)23(19)35/h5-6,9-10,12,15,21,34-35,38,40H,7-8H2,1-4H3,(H2,29,31)(H2,30,39)/t12-,15-,21-,28-/m0/s1. The molecular formula is C28H31N5O7. The number of aliphatic hydroxyl groups is 3. The summed E-state index contributed by atoms with van der Waals surface area (Å²) in [6.45, 7) is 0. The van der Waals surface area contributed by atoms with Crippen molar-refractivity contribution in [3.05, 3.63) is 52.4 Å². The Labute approximate surface area is 229 Å². The third-order valence-electron chi connectivity index (χ3n) is 8.28. The van der Waals surface area contributed by atoms with E-state index < -0.39 is 58.0 Å². The van der Waals surface area contributed by atoms with Crippen LogP contribution in [-0.4, -0.2) is 87.6 Å². The van der Waals surface area contributed by atoms with Crippen LogP contribution in [0.4, 0.5) is 11.5 Å². The number of Topliss-reactive ketones (excluding diaryl/α,β-unsaturated/α-hetero) is 2. The van der Waals surface area contributed by atoms with Gasteiger partial charge in [0.2, 0.25) is 5.78 Å². The van der Waals surface area contributed by atoms with Crippen LogP contribution in [0.15, 0.2) is 41.3 Å². The lowest BCUT2D eigenvalue weighted by Crippen LogP contribution is -2.65. The van der Waals surface area contributed by atoms with Gasteiger partial charge in [-0.05, 0) is 56.6 Å². The summed E-state index contributed by atoms with van der Waals surface area (Å²) in [7, 11) is 6.72. The van der Waals surface area contributed by atoms with Gasteiger partial charge in [0.05, 0.1) is 11.6 Å². The maximum Gasteiger partial charge on any atom is 0.255 e. The van der Waals surface area contributed by atoms with E-state index in [1.165, 1.54) is 11.1 Å². The lowest BCUT2D eigenvalue weighted by Gasteiger charge is -2.50. The number of rotatable bonds is 4. The fourth-order valence-corrected chi connectivity index (χ4v) is 6.48. The van der Waals surface area contributed by atoms with Crippen molar-refractivity contribution in [1.29, 1.82) is 0 Å². The van der Waals surface area contributed by atoms with Crippen LogP contribution >= 0.6 is 0 Å². The van der Waals surface area contributed by atoms with Gasteiger partial charge in [-0.3, -0.25) is 19.3 Å². The third kappa shape index (κ3) is 3.59. The molecule has 0 spiro atoms. The molecule has 0 bridgehead atoms. The number of nitrogen functional groups attached to an aromatic ring is 1. The van der Waals surface area contributed by atoms with Crippen LogP contribution in [0, 0.1) is 11.8 Å². The number of hydrogen-bond acceptors (Lipinski definition) is 11. The number of carbonyl (C=O) groups is 3. The first kappa shape index (κ1) is 27.2. The second-order valence-corrected chi connectivity index (χ2v) is 11.0. The quantitative estimate of drug-likeness (QED) is 0.293. The van der Waals surface area contributed by atoms with E-state index in [-0.39, 0.29) is 35.5 Å². The van der Waals surface area contributed by atoms with Gasteiger partial charge in [-0.2, -0.15) is 0 Å². The van der Waals surface area contributed by atoms with Gasteiger partial charge >= 0.3 is 0 Å². The predicted octanol–water partition coefficient (Wildman–Crippen LogP) is 0.674. The van der Waals surface area contributed by atoms with Crippen LogP contribution in [-0.2, 0) is 20.8 Å². The van der Waals surface area contributed by atoms with Crippen LogP contribution in [0.5, 0.6) is 5.75 Å². The summed E-state index contributed by atoms with van der Waals surface area (Å²) in [4.78, 5) is 46.8. The van der Waals surface area contributed by atoms with E-state index in [0.717, 1.165) is 0 Å². The number of anilines is 2. The molecule has 4 atom stereocenters. The molecule has 5 rings (SSSR count). The molecule has 12 nitrogen and oxygen atoms in total. The second-order valence-electron chi connectivity index (χ2n) is 11.0. The molecule has 0 unspecified atom stereocenters. The van der Waals surface area contributed by atoms with Crippen molar-refractivity contribution in [3.63, 3.8) is 0 Å². The summed E-state index contributed by atoms with van der Waals surface area (Å²) < 4.78 is 0. The second kappa shape index (κ2) is 9.07. The molecule has 1 aromatic carbocycles. The highest BCUT2D eigenvalue weighted by molar-refractivity contribution is 6.24. The highest BCUT2D eigenvalue weighted by Gasteiger charge is 2.64. The summed E-state index contributed by atoms with van der Waals surface area (Å²) in [5.41, 5.74) is 9.43. The summed E-state index contributed by atoms with van der Waals surface area (Å²) in [5, 5.41) is 45.8. The van der Waals surface area contributed by atoms with Crippen molar-refractivity contribution in [1.82, 2.24) is 9.88 Å². The zero-order chi connectivity index (χ0) is 29.4. The highest BCUT2D eigenvalue weighted by atomic mass is 16.3. The number of ketones is 2. The predicted molar refractivity (Wildman–Crippen MR) is 146 cm³/mol. The molecule has 0 radical (unpaired) electrons. The number of primary amides is 1. The number of carbonyl (C=O) groups excluding carboxylic acids is 3. The van der Waals surface area contributed by atoms with E-state index in [2.05, 4.69) is 4.98 Å². The first-order valence-electron chi connectivity index (χ1n) is 12.6. The van der Waals surface area contributed by atoms with Crippen molar-refractivity contribution in [2.75, 3.05) is 38.8 Å². The number of nitrogens with zero attached hydrogens (tertiary/aromatic N) is 3. The van der Waals surface area contributed by atoms with Crippen molar-refractivity contribution >= 4 is 34.7 Å². The van der Waals surface area contributed by atoms with Crippen molar-refractivity contribution in [3.8, 4) is 16.9 Å². The monoisotopic (exact) mass is 549 g/mol. The molecule has 1 saturated carbocycles. The lowest BCUT2D eigenvalue weighted by atomic mass is 9.57. The largest absolute Gasteiger partial charge is 0.508 e. The molecule has 1 amide bonds. The van der Waals surface area contributed by atoms with E-state index in [1.54, 1.807) is 46.4 Å². The molecule has 3 aliphatic carbocycles. The number of phenols is 1. The van der Waals surface area contributed by atoms with Crippen LogP contribution in [0.1, 0.15) is 17.5 Å². The van der Waals surface area contributed by atoms with E-state index in [4.69, 9.17) is 11.5 Å². The van der Waals surface area contributed by atoms with Gasteiger partial charge in [-0.1, -0.05) is 0 Å². The number of aromatic nitrogens is 1. The zero-order valence-corrected chi connectivity index (χ0v) is 22.5. The topological polar surface area (TPSA) is 204 Å². The number of aliphatic hydroxyl groups excluding tert-OH is 2. The molecule has 40 heavy (non-hydrogen) atoms. The van der Waals surface area contributed by atoms with Gasteiger partial charge in [0.1, 0.15) is 28.7 Å². The Morgan fingerprint density at radius 1 is 1.12 bits per heavy atom. The summed E-state index contributed by atoms with van der Waals surface area (Å²) >= 11 is 0. The van der Waals surface area contributed by atoms with Crippen LogP contribution < -0.4 is 16.4 Å². The van der Waals surface area contributed by atoms with Gasteiger partial charge in [0.15, 0.2) is 11.4 Å². The van der Waals surface area contributed by atoms with E-state index in [9.17, 15) is 34.8 Å². The number of amides is 1. The molecule has 1 fully saturated rings. The maximum atomic E-state index is 14.1. The number of phenolic OH excluding ortho intramolecular Hbond substituents is 1. The Morgan fingerprint density at radius 3 is 2.35 bits per heavy atom. The highest BCUT2D eigenvalue weighted by Crippen LogP contribution is 2.54. The average Bonchev–Trinajstić information content (AvgIpc) is 2.86. The molecule has 2 aromatic rings. The van der Waals surface area contributed by atoms with Crippen LogP contribution in [0.2, 0.25) is 0 Å². The fourth-order valence-electron chi connectivity index (χ4n) is 6.48. The Kier molecular flexibility index (Phi) is 6.16. The summed E-state index contributed by atoms with van der Waals surface area (Å²) in [5.74, 6) is -6.63. The van der Waals surface area contributed by atoms with E-state index >= 15 is 0 Å². The van der Waals surface area contributed by atoms with Crippen LogP contribution in [0.3, 0.4) is 0 Å². The first-order valence-corrected chi connectivity index (χ1v) is 12.6. The normalized spacial score (nSPS) is 26.0. The van der Waals surface area contributed by atoms with Gasteiger partial charge in [-0.15, -0.1) is 0 Å². The van der Waals surface area contributed by atoms with Gasteiger partial charge < -0.3 is 36.8 Å². The van der Waals surface area contributed by atoms with Gasteiger partial charge in [0, 0.05) is 48.6 Å². The smallest absolute Gasteiger partial charge is 0.255 e. The number of likely N-dealkylation sites (N-methyl/N-ethyl adjacent to an activating group) is 1. The van der Waals surface area contributed by atoms with Crippen molar-refractivity contribution in [2.24, 2.45) is 17.6 Å². The maximum absolute atomic E-state index is 14.1. The number of aromatic hydroxyl groups is 1. The molecule has 210 valence electrons. The van der Waals surface area contributed by atoms with Gasteiger partial charge in [0.25, 0.3) is 5.91 Å². The average molecular weight is 550 g/mol. The first-order chi connectivity index (χ1) is 18.7. The molecule has 0 saturated heterocycles. The minimum atomic E-state index is -2.69. The number of benzene rings is 1. The minimum absolute atomic E-state index is 0.00862. The molecule has 12 heteroatoms. The minimum Gasteiger partial charge on any atom is -0.508 e. The fraction of sp³-hybridized carbons (Fsp3) is 0.357. The van der Waals surface area contributed by atoms with E-state index in [1.807, 2.05) is 4.90 Å². The lowest BCUT2D eigenvalue weighted by molar-refractivity contribution is -0.153. The molecular weight excluding hydrogens is 518 g/mol. The SMILES string of the molecule is CN(C)c1cc(-c2ccc(N)nc2)c(O)c2c1C[C@H]1C[C@H]3[C@H](N(C)C)C(=O)C(C(N)=O)=C(O)[C@@]3(O)C(=O)C1=C2O. The third-order valence-corrected chi connectivity index (χ3v) is 8.28. The molecule has 1 aromatic heterocycles. The number of pyridine rings is 1. The number of fused-ring (bicyclic) bond motifs is 3. The van der Waals surface area contributed by atoms with Gasteiger partial charge in [-0.25, -0.2) is 4.98 Å². The number of nitrogens with two attached hydrogens (primary N) is 2. The van der Waals surface area contributed by atoms with E-state index in [0.29, 0.717) is 22.4 Å². The Morgan fingerprint density at radius 2 is 1.80 bits per heavy atom. The molecule has 0 aliphatic heterocycles. The van der Waals surface area contributed by atoms with Crippen molar-refractivity contribution in [2.45, 2.75) is 24.5 Å². The van der Waals surface area contributed by atoms with Crippen molar-refractivity contribution < 1.29 is 34.8 Å². The number of hydrogen-bond donors (Lipinski definition) is 6. The Hall–Kier alpha value is -4.42. The molecule has 3 aliphatic rings.